The van der Waals surface area contributed by atoms with Crippen molar-refractivity contribution < 1.29 is 23.8 Å². The zero-order valence-corrected chi connectivity index (χ0v) is 20.7. The van der Waals surface area contributed by atoms with Crippen molar-refractivity contribution in [3.8, 4) is 11.5 Å². The molecule has 6 nitrogen and oxygen atoms in total. The van der Waals surface area contributed by atoms with E-state index in [0.29, 0.717) is 23.6 Å². The second-order valence-electron chi connectivity index (χ2n) is 9.53. The van der Waals surface area contributed by atoms with Gasteiger partial charge in [-0.15, -0.1) is 0 Å². The monoisotopic (exact) mass is 485 g/mol. The van der Waals surface area contributed by atoms with E-state index in [-0.39, 0.29) is 18.8 Å². The van der Waals surface area contributed by atoms with Crippen LogP contribution in [0.5, 0.6) is 0 Å². The van der Waals surface area contributed by atoms with Gasteiger partial charge in [-0.25, -0.2) is 9.78 Å². The molecule has 0 aliphatic heterocycles. The largest absolute Gasteiger partial charge is 0.478 e. The predicted octanol–water partition coefficient (Wildman–Crippen LogP) is 6.85. The molecule has 0 radical (unpaired) electrons. The maximum Gasteiger partial charge on any atom is 0.336 e. The summed E-state index contributed by atoms with van der Waals surface area (Å²) in [5, 5.41) is 11.9. The van der Waals surface area contributed by atoms with Crippen LogP contribution in [-0.2, 0) is 22.7 Å². The Bertz CT molecular complexity index is 1380. The molecule has 1 unspecified atom stereocenters. The van der Waals surface area contributed by atoms with Crippen LogP contribution in [0, 0.1) is 13.8 Å². The van der Waals surface area contributed by atoms with Crippen LogP contribution in [0.25, 0.3) is 22.2 Å². The maximum atomic E-state index is 11.7. The number of fused-ring (bicyclic) bond motifs is 1. The SMILES string of the molecule is Cc1cccc(COC2CCC[C@H](OCc3nc(-c4ccc5ccccc5c4)oc3C)C2)c1C(=O)O. The average molecular weight is 486 g/mol. The number of aromatic nitrogens is 1. The maximum absolute atomic E-state index is 11.7. The quantitative estimate of drug-likeness (QED) is 0.294. The molecule has 1 aromatic heterocycles. The number of carboxylic acids is 1. The van der Waals surface area contributed by atoms with E-state index < -0.39 is 5.97 Å². The summed E-state index contributed by atoms with van der Waals surface area (Å²) in [6.45, 7) is 4.42. The van der Waals surface area contributed by atoms with E-state index in [0.717, 1.165) is 53.7 Å². The van der Waals surface area contributed by atoms with Crippen LogP contribution in [0.2, 0.25) is 0 Å². The van der Waals surface area contributed by atoms with Gasteiger partial charge >= 0.3 is 5.97 Å². The minimum Gasteiger partial charge on any atom is -0.478 e. The fraction of sp³-hybridized carbons (Fsp3) is 0.333. The van der Waals surface area contributed by atoms with E-state index in [1.165, 1.54) is 5.39 Å². The van der Waals surface area contributed by atoms with Gasteiger partial charge < -0.3 is 19.0 Å². The molecule has 0 saturated heterocycles. The average Bonchev–Trinajstić information content (AvgIpc) is 3.26. The van der Waals surface area contributed by atoms with E-state index >= 15 is 0 Å². The van der Waals surface area contributed by atoms with Gasteiger partial charge in [0.2, 0.25) is 5.89 Å². The molecule has 36 heavy (non-hydrogen) atoms. The molecule has 186 valence electrons. The highest BCUT2D eigenvalue weighted by atomic mass is 16.5. The molecule has 1 aliphatic carbocycles. The summed E-state index contributed by atoms with van der Waals surface area (Å²) in [6.07, 6.45) is 3.82. The number of ether oxygens (including phenoxy) is 2. The smallest absolute Gasteiger partial charge is 0.336 e. The molecule has 1 saturated carbocycles. The van der Waals surface area contributed by atoms with Gasteiger partial charge in [0.05, 0.1) is 31.0 Å². The standard InChI is InChI=1S/C30H31NO5/c1-19-7-5-10-24(28(19)30(32)33)17-34-25-11-6-12-26(16-25)35-18-27-20(2)36-29(31-27)23-14-13-21-8-3-4-9-22(21)15-23/h3-5,7-10,13-15,25-26H,6,11-12,16-18H2,1-2H3,(H,32,33)/t25?,26-/m0/s1. The Labute approximate surface area is 210 Å². The molecule has 0 spiro atoms. The minimum absolute atomic E-state index is 0.0393. The number of benzene rings is 3. The van der Waals surface area contributed by atoms with Gasteiger partial charge in [-0.05, 0) is 73.6 Å². The molecule has 1 N–H and O–H groups in total. The Hall–Kier alpha value is -3.48. The number of carbonyl (C=O) groups is 1. The van der Waals surface area contributed by atoms with Gasteiger partial charge in [-0.1, -0.05) is 48.5 Å². The van der Waals surface area contributed by atoms with Crippen molar-refractivity contribution >= 4 is 16.7 Å². The molecular weight excluding hydrogens is 454 g/mol. The Balaban J connectivity index is 1.19. The van der Waals surface area contributed by atoms with Gasteiger partial charge in [-0.3, -0.25) is 0 Å². The zero-order chi connectivity index (χ0) is 25.1. The van der Waals surface area contributed by atoms with Crippen LogP contribution < -0.4 is 0 Å². The lowest BCUT2D eigenvalue weighted by molar-refractivity contribution is -0.0564. The second-order valence-corrected chi connectivity index (χ2v) is 9.53. The summed E-state index contributed by atoms with van der Waals surface area (Å²) in [5.41, 5.74) is 3.56. The highest BCUT2D eigenvalue weighted by Crippen LogP contribution is 2.29. The van der Waals surface area contributed by atoms with Crippen LogP contribution in [0.4, 0.5) is 0 Å². The van der Waals surface area contributed by atoms with Gasteiger partial charge in [0.15, 0.2) is 0 Å². The van der Waals surface area contributed by atoms with Gasteiger partial charge in [-0.2, -0.15) is 0 Å². The fourth-order valence-electron chi connectivity index (χ4n) is 4.97. The zero-order valence-electron chi connectivity index (χ0n) is 20.7. The first-order valence-electron chi connectivity index (χ1n) is 12.5. The summed E-state index contributed by atoms with van der Waals surface area (Å²) in [7, 11) is 0. The number of aromatic carboxylic acids is 1. The molecule has 0 bridgehead atoms. The number of rotatable bonds is 8. The molecule has 6 heteroatoms. The predicted molar refractivity (Wildman–Crippen MR) is 138 cm³/mol. The van der Waals surface area contributed by atoms with Crippen molar-refractivity contribution in [2.24, 2.45) is 0 Å². The van der Waals surface area contributed by atoms with E-state index in [1.54, 1.807) is 0 Å². The number of aryl methyl sites for hydroxylation is 2. The van der Waals surface area contributed by atoms with Crippen molar-refractivity contribution in [1.82, 2.24) is 4.98 Å². The third kappa shape index (κ3) is 5.35. The molecule has 4 aromatic rings. The molecule has 1 aliphatic rings. The third-order valence-electron chi connectivity index (χ3n) is 6.97. The number of hydrogen-bond acceptors (Lipinski definition) is 5. The summed E-state index contributed by atoms with van der Waals surface area (Å²) in [5.74, 6) is 0.458. The fourth-order valence-corrected chi connectivity index (χ4v) is 4.97. The summed E-state index contributed by atoms with van der Waals surface area (Å²) < 4.78 is 18.4. The molecular formula is C30H31NO5. The summed E-state index contributed by atoms with van der Waals surface area (Å²) >= 11 is 0. The van der Waals surface area contributed by atoms with Crippen LogP contribution in [0.15, 0.2) is 65.1 Å². The van der Waals surface area contributed by atoms with Crippen molar-refractivity contribution in [2.45, 2.75) is 65.0 Å². The van der Waals surface area contributed by atoms with Crippen LogP contribution in [0.3, 0.4) is 0 Å². The molecule has 0 amide bonds. The van der Waals surface area contributed by atoms with Crippen LogP contribution >= 0.6 is 0 Å². The lowest BCUT2D eigenvalue weighted by atomic mass is 9.94. The summed E-state index contributed by atoms with van der Waals surface area (Å²) in [6, 6.07) is 20.0. The first-order valence-corrected chi connectivity index (χ1v) is 12.5. The van der Waals surface area contributed by atoms with Crippen molar-refractivity contribution in [3.63, 3.8) is 0 Å². The van der Waals surface area contributed by atoms with Crippen LogP contribution in [-0.4, -0.2) is 28.3 Å². The lowest BCUT2D eigenvalue weighted by Gasteiger charge is -2.29. The highest BCUT2D eigenvalue weighted by Gasteiger charge is 2.25. The van der Waals surface area contributed by atoms with E-state index in [2.05, 4.69) is 24.3 Å². The Morgan fingerprint density at radius 2 is 1.72 bits per heavy atom. The number of hydrogen-bond donors (Lipinski definition) is 1. The molecule has 1 fully saturated rings. The third-order valence-corrected chi connectivity index (χ3v) is 6.97. The number of nitrogens with zero attached hydrogens (tertiary/aromatic N) is 1. The Morgan fingerprint density at radius 3 is 2.50 bits per heavy atom. The van der Waals surface area contributed by atoms with Gasteiger partial charge in [0, 0.05) is 5.56 Å². The molecule has 3 aromatic carbocycles. The van der Waals surface area contributed by atoms with E-state index in [1.807, 2.05) is 50.2 Å². The molecule has 5 rings (SSSR count). The van der Waals surface area contributed by atoms with Gasteiger partial charge in [0.25, 0.3) is 0 Å². The lowest BCUT2D eigenvalue weighted by Crippen LogP contribution is -2.28. The molecule has 2 atom stereocenters. The first kappa shape index (κ1) is 24.2. The van der Waals surface area contributed by atoms with Crippen molar-refractivity contribution in [3.05, 3.63) is 88.8 Å². The summed E-state index contributed by atoms with van der Waals surface area (Å²) in [4.78, 5) is 16.4. The minimum atomic E-state index is -0.914. The normalized spacial score (nSPS) is 17.9. The van der Waals surface area contributed by atoms with E-state index in [9.17, 15) is 9.90 Å². The van der Waals surface area contributed by atoms with E-state index in [4.69, 9.17) is 18.9 Å². The number of carboxylic acid groups (broad SMARTS) is 1. The van der Waals surface area contributed by atoms with Crippen LogP contribution in [0.1, 0.15) is 58.6 Å². The first-order chi connectivity index (χ1) is 17.5. The van der Waals surface area contributed by atoms with Gasteiger partial charge in [0.1, 0.15) is 11.5 Å². The van der Waals surface area contributed by atoms with Crippen molar-refractivity contribution in [2.75, 3.05) is 0 Å². The highest BCUT2D eigenvalue weighted by molar-refractivity contribution is 5.91. The Kier molecular flexibility index (Phi) is 7.16. The number of oxazole rings is 1. The Morgan fingerprint density at radius 1 is 0.972 bits per heavy atom. The second kappa shape index (κ2) is 10.6. The molecule has 1 heterocycles. The van der Waals surface area contributed by atoms with Crippen molar-refractivity contribution in [1.29, 1.82) is 0 Å². The topological polar surface area (TPSA) is 81.8 Å².